The highest BCUT2D eigenvalue weighted by Gasteiger charge is 2.23. The minimum atomic E-state index is -1.19. The number of hydrogen-bond acceptors (Lipinski definition) is 4. The average Bonchev–Trinajstić information content (AvgIpc) is 2.37. The van der Waals surface area contributed by atoms with E-state index in [9.17, 15) is 9.59 Å². The first-order valence-corrected chi connectivity index (χ1v) is 6.31. The lowest BCUT2D eigenvalue weighted by molar-refractivity contribution is -0.143. The van der Waals surface area contributed by atoms with Crippen molar-refractivity contribution >= 4 is 11.9 Å². The molecule has 0 aliphatic heterocycles. The molecule has 1 amide bonds. The quantitative estimate of drug-likeness (QED) is 0.684. The van der Waals surface area contributed by atoms with Gasteiger partial charge in [-0.05, 0) is 31.5 Å². The molecule has 0 aliphatic rings. The van der Waals surface area contributed by atoms with Gasteiger partial charge >= 0.3 is 5.97 Å². The summed E-state index contributed by atoms with van der Waals surface area (Å²) in [5, 5.41) is 20.0. The normalized spacial score (nSPS) is 13.3. The molecule has 6 heteroatoms. The summed E-state index contributed by atoms with van der Waals surface area (Å²) in [5.74, 6) is -1.18. The van der Waals surface area contributed by atoms with Crippen molar-refractivity contribution in [2.75, 3.05) is 6.61 Å². The Balaban J connectivity index is 2.60. The van der Waals surface area contributed by atoms with Crippen molar-refractivity contribution in [3.05, 3.63) is 29.8 Å². The van der Waals surface area contributed by atoms with E-state index in [2.05, 4.69) is 5.32 Å². The molecule has 6 nitrogen and oxygen atoms in total. The van der Waals surface area contributed by atoms with E-state index in [1.165, 1.54) is 6.92 Å². The largest absolute Gasteiger partial charge is 0.481 e. The monoisotopic (exact) mass is 281 g/mol. The molecule has 110 valence electrons. The molecule has 0 radical (unpaired) electrons. The number of ether oxygens (including phenoxy) is 1. The van der Waals surface area contributed by atoms with Crippen LogP contribution in [0.15, 0.2) is 24.3 Å². The molecule has 3 N–H and O–H groups in total. The molecule has 0 spiro atoms. The van der Waals surface area contributed by atoms with Crippen LogP contribution in [0, 0.1) is 6.92 Å². The molecule has 1 aromatic carbocycles. The minimum Gasteiger partial charge on any atom is -0.481 e. The Morgan fingerprint density at radius 1 is 1.40 bits per heavy atom. The molecule has 1 rings (SSSR count). The predicted octanol–water partition coefficient (Wildman–Crippen LogP) is 0.714. The lowest BCUT2D eigenvalue weighted by Crippen LogP contribution is -2.46. The Morgan fingerprint density at radius 3 is 2.65 bits per heavy atom. The first-order chi connectivity index (χ1) is 9.43. The maximum absolute atomic E-state index is 11.8. The van der Waals surface area contributed by atoms with Crippen LogP contribution in [-0.4, -0.2) is 40.8 Å². The van der Waals surface area contributed by atoms with Gasteiger partial charge in [-0.1, -0.05) is 12.1 Å². The van der Waals surface area contributed by atoms with Crippen LogP contribution in [-0.2, 0) is 9.59 Å². The van der Waals surface area contributed by atoms with Gasteiger partial charge in [0.05, 0.1) is 0 Å². The van der Waals surface area contributed by atoms with Gasteiger partial charge in [0.1, 0.15) is 11.8 Å². The molecule has 0 aromatic heterocycles. The lowest BCUT2D eigenvalue weighted by Gasteiger charge is -2.18. The number of amides is 1. The summed E-state index contributed by atoms with van der Waals surface area (Å²) in [5.41, 5.74) is 0.999. The Kier molecular flexibility index (Phi) is 5.99. The molecule has 0 saturated heterocycles. The van der Waals surface area contributed by atoms with Crippen LogP contribution in [0.2, 0.25) is 0 Å². The first kappa shape index (κ1) is 16.0. The van der Waals surface area contributed by atoms with E-state index in [-0.39, 0.29) is 13.0 Å². The first-order valence-electron chi connectivity index (χ1n) is 6.31. The third-order valence-electron chi connectivity index (χ3n) is 2.70. The molecule has 0 aliphatic carbocycles. The SMILES string of the molecule is Cc1cccc(OC(C)C(=O)NC(CCO)C(=O)O)c1. The fourth-order valence-corrected chi connectivity index (χ4v) is 1.62. The van der Waals surface area contributed by atoms with Crippen LogP contribution in [0.3, 0.4) is 0 Å². The Morgan fingerprint density at radius 2 is 2.10 bits per heavy atom. The second kappa shape index (κ2) is 7.49. The van der Waals surface area contributed by atoms with Crippen LogP contribution in [0.5, 0.6) is 5.75 Å². The highest BCUT2D eigenvalue weighted by atomic mass is 16.5. The maximum Gasteiger partial charge on any atom is 0.326 e. The van der Waals surface area contributed by atoms with Gasteiger partial charge in [0.15, 0.2) is 6.10 Å². The fourth-order valence-electron chi connectivity index (χ4n) is 1.62. The molecule has 0 saturated carbocycles. The van der Waals surface area contributed by atoms with Crippen molar-refractivity contribution < 1.29 is 24.5 Å². The Bertz CT molecular complexity index is 474. The summed E-state index contributed by atoms with van der Waals surface area (Å²) in [6.45, 7) is 3.12. The van der Waals surface area contributed by atoms with Gasteiger partial charge in [-0.25, -0.2) is 4.79 Å². The number of hydrogen-bond donors (Lipinski definition) is 3. The third kappa shape index (κ3) is 4.89. The van der Waals surface area contributed by atoms with Crippen molar-refractivity contribution in [2.24, 2.45) is 0 Å². The Hall–Kier alpha value is -2.08. The van der Waals surface area contributed by atoms with Crippen molar-refractivity contribution in [3.63, 3.8) is 0 Å². The zero-order valence-corrected chi connectivity index (χ0v) is 11.5. The number of nitrogens with one attached hydrogen (secondary N) is 1. The van der Waals surface area contributed by atoms with Gasteiger partial charge in [-0.2, -0.15) is 0 Å². The molecule has 2 atom stereocenters. The van der Waals surface area contributed by atoms with Gasteiger partial charge in [0.25, 0.3) is 5.91 Å². The van der Waals surface area contributed by atoms with Gasteiger partial charge in [0.2, 0.25) is 0 Å². The summed E-state index contributed by atoms with van der Waals surface area (Å²) in [4.78, 5) is 22.7. The van der Waals surface area contributed by atoms with Crippen LogP contribution in [0.25, 0.3) is 0 Å². The second-order valence-electron chi connectivity index (χ2n) is 4.49. The molecular weight excluding hydrogens is 262 g/mol. The van der Waals surface area contributed by atoms with Crippen molar-refractivity contribution in [1.29, 1.82) is 0 Å². The summed E-state index contributed by atoms with van der Waals surface area (Å²) in [7, 11) is 0. The topological polar surface area (TPSA) is 95.9 Å². The van der Waals surface area contributed by atoms with E-state index in [4.69, 9.17) is 14.9 Å². The number of carbonyl (C=O) groups is 2. The highest BCUT2D eigenvalue weighted by Crippen LogP contribution is 2.14. The number of aliphatic hydroxyl groups is 1. The molecule has 1 aromatic rings. The summed E-state index contributed by atoms with van der Waals surface area (Å²) in [6, 6.07) is 6.10. The standard InChI is InChI=1S/C14H19NO5/c1-9-4-3-5-11(8-9)20-10(2)13(17)15-12(6-7-16)14(18)19/h3-5,8,10,12,16H,6-7H2,1-2H3,(H,15,17)(H,18,19). The summed E-state index contributed by atoms with van der Waals surface area (Å²) in [6.07, 6.45) is -0.865. The zero-order valence-electron chi connectivity index (χ0n) is 11.5. The summed E-state index contributed by atoms with van der Waals surface area (Å²) >= 11 is 0. The van der Waals surface area contributed by atoms with E-state index in [0.29, 0.717) is 5.75 Å². The van der Waals surface area contributed by atoms with Crippen LogP contribution in [0.1, 0.15) is 18.9 Å². The molecule has 20 heavy (non-hydrogen) atoms. The fraction of sp³-hybridized carbons (Fsp3) is 0.429. The molecular formula is C14H19NO5. The molecule has 0 fully saturated rings. The van der Waals surface area contributed by atoms with Crippen molar-refractivity contribution in [3.8, 4) is 5.75 Å². The summed E-state index contributed by atoms with van der Waals surface area (Å²) < 4.78 is 5.45. The van der Waals surface area contributed by atoms with Gasteiger partial charge < -0.3 is 20.3 Å². The number of aliphatic carboxylic acids is 1. The second-order valence-corrected chi connectivity index (χ2v) is 4.49. The smallest absolute Gasteiger partial charge is 0.326 e. The van der Waals surface area contributed by atoms with Gasteiger partial charge in [-0.3, -0.25) is 4.79 Å². The van der Waals surface area contributed by atoms with Crippen molar-refractivity contribution in [2.45, 2.75) is 32.4 Å². The number of aliphatic hydroxyl groups excluding tert-OH is 1. The van der Waals surface area contributed by atoms with Crippen molar-refractivity contribution in [1.82, 2.24) is 5.32 Å². The average molecular weight is 281 g/mol. The van der Waals surface area contributed by atoms with E-state index >= 15 is 0 Å². The molecule has 0 bridgehead atoms. The third-order valence-corrected chi connectivity index (χ3v) is 2.70. The van der Waals surface area contributed by atoms with Crippen LogP contribution >= 0.6 is 0 Å². The number of carbonyl (C=O) groups excluding carboxylic acids is 1. The lowest BCUT2D eigenvalue weighted by atomic mass is 10.2. The zero-order chi connectivity index (χ0) is 15.1. The minimum absolute atomic E-state index is 0.0434. The molecule has 0 heterocycles. The number of benzene rings is 1. The van der Waals surface area contributed by atoms with E-state index < -0.39 is 24.0 Å². The van der Waals surface area contributed by atoms with Crippen LogP contribution < -0.4 is 10.1 Å². The number of rotatable bonds is 7. The molecule has 2 unspecified atom stereocenters. The Labute approximate surface area is 117 Å². The van der Waals surface area contributed by atoms with Crippen LogP contribution in [0.4, 0.5) is 0 Å². The maximum atomic E-state index is 11.8. The predicted molar refractivity (Wildman–Crippen MR) is 72.5 cm³/mol. The van der Waals surface area contributed by atoms with Gasteiger partial charge in [0, 0.05) is 13.0 Å². The number of carboxylic acids is 1. The van der Waals surface area contributed by atoms with E-state index in [1.807, 2.05) is 13.0 Å². The van der Waals surface area contributed by atoms with Gasteiger partial charge in [-0.15, -0.1) is 0 Å². The number of aryl methyl sites for hydroxylation is 1. The highest BCUT2D eigenvalue weighted by molar-refractivity contribution is 5.86. The van der Waals surface area contributed by atoms with E-state index in [1.54, 1.807) is 18.2 Å². The number of carboxylic acid groups (broad SMARTS) is 1. The van der Waals surface area contributed by atoms with E-state index in [0.717, 1.165) is 5.56 Å².